The van der Waals surface area contributed by atoms with Gasteiger partial charge in [-0.2, -0.15) is 0 Å². The van der Waals surface area contributed by atoms with Crippen LogP contribution in [0.15, 0.2) is 47.5 Å². The van der Waals surface area contributed by atoms with Crippen LogP contribution in [0.3, 0.4) is 0 Å². The van der Waals surface area contributed by atoms with Crippen LogP contribution in [0.4, 0.5) is 5.13 Å². The average Bonchev–Trinajstić information content (AvgIpc) is 2.93. The van der Waals surface area contributed by atoms with E-state index in [1.165, 1.54) is 24.5 Å². The Balaban J connectivity index is 2.16. The van der Waals surface area contributed by atoms with Gasteiger partial charge in [-0.1, -0.05) is 30.3 Å². The van der Waals surface area contributed by atoms with Gasteiger partial charge in [0.15, 0.2) is 10.9 Å². The van der Waals surface area contributed by atoms with Gasteiger partial charge in [0.1, 0.15) is 0 Å². The lowest BCUT2D eigenvalue weighted by molar-refractivity contribution is -0.119. The van der Waals surface area contributed by atoms with E-state index in [1.807, 2.05) is 35.7 Å². The van der Waals surface area contributed by atoms with E-state index in [4.69, 9.17) is 0 Å². The first-order chi connectivity index (χ1) is 10.5. The van der Waals surface area contributed by atoms with E-state index in [1.54, 1.807) is 19.0 Å². The van der Waals surface area contributed by atoms with Crippen LogP contribution in [0, 0.1) is 0 Å². The fourth-order valence-electron chi connectivity index (χ4n) is 1.80. The van der Waals surface area contributed by atoms with Gasteiger partial charge < -0.3 is 4.90 Å². The largest absolute Gasteiger partial charge is 0.383 e. The summed E-state index contributed by atoms with van der Waals surface area (Å²) in [7, 11) is 3.51. The van der Waals surface area contributed by atoms with E-state index >= 15 is 0 Å². The molecule has 1 amide bonds. The van der Waals surface area contributed by atoms with Crippen molar-refractivity contribution in [3.8, 4) is 11.3 Å². The van der Waals surface area contributed by atoms with Gasteiger partial charge in [0, 0.05) is 31.2 Å². The van der Waals surface area contributed by atoms with Crippen molar-refractivity contribution in [3.63, 3.8) is 0 Å². The molecule has 0 aliphatic rings. The van der Waals surface area contributed by atoms with Crippen molar-refractivity contribution in [2.24, 2.45) is 0 Å². The molecule has 0 radical (unpaired) electrons. The summed E-state index contributed by atoms with van der Waals surface area (Å²) >= 11 is 1.33. The van der Waals surface area contributed by atoms with Crippen LogP contribution in [0.5, 0.6) is 0 Å². The topological polar surface area (TPSA) is 62.3 Å². The maximum Gasteiger partial charge on any atom is 0.262 e. The Hall–Kier alpha value is -2.47. The highest BCUT2D eigenvalue weighted by molar-refractivity contribution is 7.14. The highest BCUT2D eigenvalue weighted by Crippen LogP contribution is 2.24. The highest BCUT2D eigenvalue weighted by Gasteiger charge is 2.16. The third-order valence-electron chi connectivity index (χ3n) is 2.81. The van der Waals surface area contributed by atoms with Gasteiger partial charge in [-0.15, -0.1) is 11.3 Å². The summed E-state index contributed by atoms with van der Waals surface area (Å²) in [5.74, 6) is -0.735. The minimum atomic E-state index is -0.449. The van der Waals surface area contributed by atoms with Crippen LogP contribution in [0.25, 0.3) is 11.3 Å². The van der Waals surface area contributed by atoms with E-state index in [0.717, 1.165) is 11.3 Å². The lowest BCUT2D eigenvalue weighted by atomic mass is 10.2. The number of aromatic nitrogens is 1. The SMILES string of the molecule is CC(=O)/C(=C\N(C)C)C(=O)Nc1nc(-c2ccccc2)cs1. The summed E-state index contributed by atoms with van der Waals surface area (Å²) < 4.78 is 0. The smallest absolute Gasteiger partial charge is 0.262 e. The van der Waals surface area contributed by atoms with Gasteiger partial charge in [-0.05, 0) is 6.92 Å². The molecular formula is C16H17N3O2S. The third kappa shape index (κ3) is 4.02. The van der Waals surface area contributed by atoms with E-state index < -0.39 is 5.91 Å². The molecule has 1 N–H and O–H groups in total. The molecule has 2 aromatic rings. The predicted octanol–water partition coefficient (Wildman–Crippen LogP) is 2.78. The van der Waals surface area contributed by atoms with Gasteiger partial charge in [0.05, 0.1) is 11.3 Å². The molecule has 0 atom stereocenters. The molecule has 0 saturated carbocycles. The van der Waals surface area contributed by atoms with E-state index in [-0.39, 0.29) is 11.4 Å². The predicted molar refractivity (Wildman–Crippen MR) is 88.6 cm³/mol. The molecule has 2 rings (SSSR count). The first kappa shape index (κ1) is 15.9. The molecule has 0 fully saturated rings. The summed E-state index contributed by atoms with van der Waals surface area (Å²) in [6.07, 6.45) is 1.50. The molecule has 0 unspecified atom stereocenters. The first-order valence-electron chi connectivity index (χ1n) is 6.69. The maximum absolute atomic E-state index is 12.2. The van der Waals surface area contributed by atoms with Crippen molar-refractivity contribution >= 4 is 28.2 Å². The number of benzene rings is 1. The molecular weight excluding hydrogens is 298 g/mol. The summed E-state index contributed by atoms with van der Waals surface area (Å²) in [5.41, 5.74) is 1.87. The second-order valence-electron chi connectivity index (χ2n) is 4.92. The van der Waals surface area contributed by atoms with Gasteiger partial charge in [0.2, 0.25) is 0 Å². The first-order valence-corrected chi connectivity index (χ1v) is 7.57. The Bertz CT molecular complexity index is 705. The molecule has 0 saturated heterocycles. The Morgan fingerprint density at radius 3 is 2.50 bits per heavy atom. The monoisotopic (exact) mass is 315 g/mol. The molecule has 1 heterocycles. The molecule has 0 aliphatic heterocycles. The lowest BCUT2D eigenvalue weighted by Crippen LogP contribution is -2.21. The number of rotatable bonds is 5. The van der Waals surface area contributed by atoms with E-state index in [2.05, 4.69) is 10.3 Å². The zero-order chi connectivity index (χ0) is 16.1. The van der Waals surface area contributed by atoms with Crippen molar-refractivity contribution < 1.29 is 9.59 Å². The van der Waals surface area contributed by atoms with E-state index in [9.17, 15) is 9.59 Å². The molecule has 1 aromatic heterocycles. The number of carbonyl (C=O) groups excluding carboxylic acids is 2. The van der Waals surface area contributed by atoms with Crippen LogP contribution in [0.2, 0.25) is 0 Å². The van der Waals surface area contributed by atoms with Crippen molar-refractivity contribution in [2.45, 2.75) is 6.92 Å². The van der Waals surface area contributed by atoms with Crippen molar-refractivity contribution in [1.82, 2.24) is 9.88 Å². The van der Waals surface area contributed by atoms with Crippen molar-refractivity contribution in [2.75, 3.05) is 19.4 Å². The molecule has 0 aliphatic carbocycles. The molecule has 0 bridgehead atoms. The Labute approximate surface area is 133 Å². The second-order valence-corrected chi connectivity index (χ2v) is 5.78. The van der Waals surface area contributed by atoms with E-state index in [0.29, 0.717) is 5.13 Å². The average molecular weight is 315 g/mol. The number of amides is 1. The number of anilines is 1. The Morgan fingerprint density at radius 1 is 1.23 bits per heavy atom. The highest BCUT2D eigenvalue weighted by atomic mass is 32.1. The summed E-state index contributed by atoms with van der Waals surface area (Å²) in [4.78, 5) is 29.8. The number of ketones is 1. The minimum absolute atomic E-state index is 0.0986. The molecule has 0 spiro atoms. The number of carbonyl (C=O) groups is 2. The van der Waals surface area contributed by atoms with Crippen LogP contribution in [-0.2, 0) is 9.59 Å². The van der Waals surface area contributed by atoms with Crippen LogP contribution >= 0.6 is 11.3 Å². The number of hydrogen-bond acceptors (Lipinski definition) is 5. The maximum atomic E-state index is 12.2. The number of nitrogens with zero attached hydrogens (tertiary/aromatic N) is 2. The number of nitrogens with one attached hydrogen (secondary N) is 1. The number of hydrogen-bond donors (Lipinski definition) is 1. The molecule has 5 nitrogen and oxygen atoms in total. The van der Waals surface area contributed by atoms with Gasteiger partial charge >= 0.3 is 0 Å². The fraction of sp³-hybridized carbons (Fsp3) is 0.188. The third-order valence-corrected chi connectivity index (χ3v) is 3.56. The van der Waals surface area contributed by atoms with Gasteiger partial charge in [-0.3, -0.25) is 14.9 Å². The Kier molecular flexibility index (Phi) is 5.06. The standard InChI is InChI=1S/C16H17N3O2S/c1-11(20)13(9-19(2)3)15(21)18-16-17-14(10-22-16)12-7-5-4-6-8-12/h4-10H,1-3H3,(H,17,18,21)/b13-9+. The van der Waals surface area contributed by atoms with Gasteiger partial charge in [0.25, 0.3) is 5.91 Å². The fourth-order valence-corrected chi connectivity index (χ4v) is 2.52. The number of thiazole rings is 1. The van der Waals surface area contributed by atoms with Crippen LogP contribution in [-0.4, -0.2) is 35.7 Å². The number of Topliss-reactive ketones (excluding diaryl/α,β-unsaturated/α-hetero) is 1. The molecule has 114 valence electrons. The summed E-state index contributed by atoms with van der Waals surface area (Å²) in [6.45, 7) is 1.37. The second kappa shape index (κ2) is 7.00. The van der Waals surface area contributed by atoms with Crippen molar-refractivity contribution in [3.05, 3.63) is 47.5 Å². The van der Waals surface area contributed by atoms with Crippen LogP contribution < -0.4 is 5.32 Å². The zero-order valence-corrected chi connectivity index (χ0v) is 13.5. The zero-order valence-electron chi connectivity index (χ0n) is 12.7. The quantitative estimate of drug-likeness (QED) is 0.523. The normalized spacial score (nSPS) is 11.1. The molecule has 22 heavy (non-hydrogen) atoms. The van der Waals surface area contributed by atoms with Crippen LogP contribution in [0.1, 0.15) is 6.92 Å². The summed E-state index contributed by atoms with van der Waals surface area (Å²) in [6, 6.07) is 9.70. The molecule has 1 aromatic carbocycles. The molecule has 6 heteroatoms. The summed E-state index contributed by atoms with van der Waals surface area (Å²) in [5, 5.41) is 5.01. The van der Waals surface area contributed by atoms with Crippen molar-refractivity contribution in [1.29, 1.82) is 0 Å². The van der Waals surface area contributed by atoms with Gasteiger partial charge in [-0.25, -0.2) is 4.98 Å². The Morgan fingerprint density at radius 2 is 1.91 bits per heavy atom. The lowest BCUT2D eigenvalue weighted by Gasteiger charge is -2.08. The minimum Gasteiger partial charge on any atom is -0.383 e.